The summed E-state index contributed by atoms with van der Waals surface area (Å²) < 4.78 is 1.96. The first-order chi connectivity index (χ1) is 11.6. The molecule has 1 aromatic heterocycles. The quantitative estimate of drug-likeness (QED) is 0.703. The van der Waals surface area contributed by atoms with E-state index in [2.05, 4.69) is 31.2 Å². The number of aromatic nitrogens is 3. The van der Waals surface area contributed by atoms with Gasteiger partial charge in [-0.2, -0.15) is 9.78 Å². The minimum absolute atomic E-state index is 0.0675. The fourth-order valence-corrected chi connectivity index (χ4v) is 2.50. The number of nitrogens with zero attached hydrogens (tertiary/aromatic N) is 4. The van der Waals surface area contributed by atoms with E-state index in [4.69, 9.17) is 0 Å². The Morgan fingerprint density at radius 1 is 1.17 bits per heavy atom. The van der Waals surface area contributed by atoms with Crippen LogP contribution in [0.15, 0.2) is 62.9 Å². The van der Waals surface area contributed by atoms with Crippen LogP contribution in [0.3, 0.4) is 0 Å². The van der Waals surface area contributed by atoms with E-state index in [9.17, 15) is 9.90 Å². The van der Waals surface area contributed by atoms with Gasteiger partial charge in [0.25, 0.3) is 0 Å². The van der Waals surface area contributed by atoms with E-state index in [-0.39, 0.29) is 17.0 Å². The Morgan fingerprint density at radius 2 is 1.92 bits per heavy atom. The predicted octanol–water partition coefficient (Wildman–Crippen LogP) is 2.96. The summed E-state index contributed by atoms with van der Waals surface area (Å²) >= 11 is 3.33. The predicted molar refractivity (Wildman–Crippen MR) is 95.3 cm³/mol. The molecule has 0 radical (unpaired) electrons. The maximum atomic E-state index is 12.6. The van der Waals surface area contributed by atoms with Gasteiger partial charge < -0.3 is 5.11 Å². The third-order valence-corrected chi connectivity index (χ3v) is 3.84. The second-order valence-electron chi connectivity index (χ2n) is 5.03. The van der Waals surface area contributed by atoms with E-state index in [0.29, 0.717) is 17.0 Å². The number of halogens is 1. The van der Waals surface area contributed by atoms with Crippen LogP contribution in [0.1, 0.15) is 11.4 Å². The first-order valence-corrected chi connectivity index (χ1v) is 7.90. The molecule has 0 saturated heterocycles. The van der Waals surface area contributed by atoms with Gasteiger partial charge in [0, 0.05) is 15.6 Å². The van der Waals surface area contributed by atoms with Gasteiger partial charge in [-0.25, -0.2) is 0 Å². The molecule has 2 aromatic carbocycles. The number of rotatable bonds is 3. The summed E-state index contributed by atoms with van der Waals surface area (Å²) in [5, 5.41) is 22.0. The molecule has 0 saturated carbocycles. The van der Waals surface area contributed by atoms with Gasteiger partial charge in [0.2, 0.25) is 0 Å². The normalized spacial score (nSPS) is 11.1. The average Bonchev–Trinajstić information content (AvgIpc) is 2.58. The smallest absolute Gasteiger partial charge is 0.301 e. The van der Waals surface area contributed by atoms with Crippen molar-refractivity contribution in [3.8, 4) is 17.0 Å². The van der Waals surface area contributed by atoms with Crippen LogP contribution >= 0.6 is 15.9 Å². The summed E-state index contributed by atoms with van der Waals surface area (Å²) in [6, 6.07) is 14.0. The van der Waals surface area contributed by atoms with Crippen LogP contribution < -0.4 is 5.56 Å². The van der Waals surface area contributed by atoms with Crippen LogP contribution in [0, 0.1) is 6.92 Å². The molecule has 0 amide bonds. The van der Waals surface area contributed by atoms with Gasteiger partial charge in [-0.15, -0.1) is 10.2 Å². The van der Waals surface area contributed by atoms with E-state index < -0.39 is 0 Å². The standard InChI is InChI=1S/C17H13BrN4O2/c1-11-20-21-16(12-5-3-2-4-6-12)17(24)22(11)19-10-13-9-14(18)7-8-15(13)23/h2-10,23H,1H3/b19-10-. The highest BCUT2D eigenvalue weighted by molar-refractivity contribution is 9.10. The highest BCUT2D eigenvalue weighted by atomic mass is 79.9. The van der Waals surface area contributed by atoms with Crippen molar-refractivity contribution in [3.05, 3.63) is 74.7 Å². The number of benzene rings is 2. The van der Waals surface area contributed by atoms with E-state index >= 15 is 0 Å². The number of aryl methyl sites for hydroxylation is 1. The molecule has 6 nitrogen and oxygen atoms in total. The topological polar surface area (TPSA) is 80.4 Å². The maximum absolute atomic E-state index is 12.6. The summed E-state index contributed by atoms with van der Waals surface area (Å²) in [5.74, 6) is 0.420. The number of aromatic hydroxyl groups is 1. The van der Waals surface area contributed by atoms with Gasteiger partial charge in [-0.3, -0.25) is 4.79 Å². The lowest BCUT2D eigenvalue weighted by molar-refractivity contribution is 0.474. The Kier molecular flexibility index (Phi) is 4.52. The molecule has 7 heteroatoms. The fourth-order valence-electron chi connectivity index (χ4n) is 2.12. The van der Waals surface area contributed by atoms with Crippen LogP contribution in [-0.4, -0.2) is 26.2 Å². The van der Waals surface area contributed by atoms with Gasteiger partial charge in [0.1, 0.15) is 5.75 Å². The Morgan fingerprint density at radius 3 is 2.67 bits per heavy atom. The zero-order valence-electron chi connectivity index (χ0n) is 12.7. The average molecular weight is 385 g/mol. The van der Waals surface area contributed by atoms with Crippen molar-refractivity contribution in [2.75, 3.05) is 0 Å². The van der Waals surface area contributed by atoms with Crippen molar-refractivity contribution in [1.82, 2.24) is 14.9 Å². The molecule has 0 fully saturated rings. The highest BCUT2D eigenvalue weighted by Gasteiger charge is 2.10. The Labute approximate surface area is 146 Å². The maximum Gasteiger partial charge on any atom is 0.301 e. The van der Waals surface area contributed by atoms with Gasteiger partial charge >= 0.3 is 5.56 Å². The molecular formula is C17H13BrN4O2. The van der Waals surface area contributed by atoms with Gasteiger partial charge in [-0.05, 0) is 25.1 Å². The molecule has 3 aromatic rings. The Hall–Kier alpha value is -2.80. The van der Waals surface area contributed by atoms with Crippen molar-refractivity contribution in [3.63, 3.8) is 0 Å². The zero-order valence-corrected chi connectivity index (χ0v) is 14.3. The van der Waals surface area contributed by atoms with Crippen LogP contribution in [0.5, 0.6) is 5.75 Å². The molecular weight excluding hydrogens is 372 g/mol. The van der Waals surface area contributed by atoms with Crippen LogP contribution in [0.25, 0.3) is 11.3 Å². The second kappa shape index (κ2) is 6.76. The van der Waals surface area contributed by atoms with E-state index in [0.717, 1.165) is 9.15 Å². The van der Waals surface area contributed by atoms with Crippen molar-refractivity contribution in [2.24, 2.45) is 5.10 Å². The summed E-state index contributed by atoms with van der Waals surface area (Å²) in [6.45, 7) is 1.64. The minimum atomic E-state index is -0.376. The molecule has 1 heterocycles. The second-order valence-corrected chi connectivity index (χ2v) is 5.94. The molecule has 0 aliphatic carbocycles. The molecule has 3 rings (SSSR count). The zero-order chi connectivity index (χ0) is 17.1. The molecule has 1 N–H and O–H groups in total. The Balaban J connectivity index is 2.07. The van der Waals surface area contributed by atoms with Gasteiger partial charge in [-0.1, -0.05) is 46.3 Å². The third kappa shape index (κ3) is 3.26. The summed E-state index contributed by atoms with van der Waals surface area (Å²) in [7, 11) is 0. The van der Waals surface area contributed by atoms with Crippen LogP contribution in [0.2, 0.25) is 0 Å². The number of phenols is 1. The summed E-state index contributed by atoms with van der Waals surface area (Å²) in [4.78, 5) is 12.6. The molecule has 120 valence electrons. The highest BCUT2D eigenvalue weighted by Crippen LogP contribution is 2.20. The van der Waals surface area contributed by atoms with Crippen molar-refractivity contribution in [1.29, 1.82) is 0 Å². The Bertz CT molecular complexity index is 968. The lowest BCUT2D eigenvalue weighted by Gasteiger charge is -2.05. The number of hydrogen-bond acceptors (Lipinski definition) is 5. The molecule has 0 aliphatic heterocycles. The molecule has 0 spiro atoms. The largest absolute Gasteiger partial charge is 0.507 e. The van der Waals surface area contributed by atoms with Gasteiger partial charge in [0.15, 0.2) is 11.5 Å². The fraction of sp³-hybridized carbons (Fsp3) is 0.0588. The summed E-state index contributed by atoms with van der Waals surface area (Å²) in [6.07, 6.45) is 1.41. The van der Waals surface area contributed by atoms with Crippen molar-refractivity contribution >= 4 is 22.1 Å². The molecule has 0 bridgehead atoms. The van der Waals surface area contributed by atoms with E-state index in [1.165, 1.54) is 6.21 Å². The first kappa shape index (κ1) is 16.1. The number of phenolic OH excluding ortho intramolecular Hbond substituents is 1. The number of hydrogen-bond donors (Lipinski definition) is 1. The third-order valence-electron chi connectivity index (χ3n) is 3.35. The molecule has 0 atom stereocenters. The van der Waals surface area contributed by atoms with Gasteiger partial charge in [0.05, 0.1) is 6.21 Å². The molecule has 24 heavy (non-hydrogen) atoms. The summed E-state index contributed by atoms with van der Waals surface area (Å²) in [5.41, 5.74) is 0.995. The van der Waals surface area contributed by atoms with E-state index in [1.54, 1.807) is 37.3 Å². The minimum Gasteiger partial charge on any atom is -0.507 e. The molecule has 0 aliphatic rings. The van der Waals surface area contributed by atoms with Crippen LogP contribution in [0.4, 0.5) is 0 Å². The molecule has 0 unspecified atom stereocenters. The SMILES string of the molecule is Cc1nnc(-c2ccccc2)c(=O)n1/N=C\c1cc(Br)ccc1O. The lowest BCUT2D eigenvalue weighted by atomic mass is 10.2. The van der Waals surface area contributed by atoms with Crippen LogP contribution in [-0.2, 0) is 0 Å². The van der Waals surface area contributed by atoms with E-state index in [1.807, 2.05) is 18.2 Å². The monoisotopic (exact) mass is 384 g/mol. The van der Waals surface area contributed by atoms with Crippen molar-refractivity contribution < 1.29 is 5.11 Å². The lowest BCUT2D eigenvalue weighted by Crippen LogP contribution is -2.23. The first-order valence-electron chi connectivity index (χ1n) is 7.11. The van der Waals surface area contributed by atoms with Crippen molar-refractivity contribution in [2.45, 2.75) is 6.92 Å².